The van der Waals surface area contributed by atoms with Crippen molar-refractivity contribution >= 4 is 15.7 Å². The number of nitrogens with two attached hydrogens (primary N) is 1. The summed E-state index contributed by atoms with van der Waals surface area (Å²) in [5, 5.41) is 0. The predicted molar refractivity (Wildman–Crippen MR) is 85.8 cm³/mol. The van der Waals surface area contributed by atoms with Gasteiger partial charge in [0.05, 0.1) is 10.6 Å². The highest BCUT2D eigenvalue weighted by Crippen LogP contribution is 2.26. The van der Waals surface area contributed by atoms with Gasteiger partial charge in [-0.1, -0.05) is 30.3 Å². The van der Waals surface area contributed by atoms with Gasteiger partial charge in [-0.3, -0.25) is 4.31 Å². The summed E-state index contributed by atoms with van der Waals surface area (Å²) in [4.78, 5) is 0.253. The number of aryl methyl sites for hydroxylation is 1. The minimum atomic E-state index is -3.59. The van der Waals surface area contributed by atoms with Gasteiger partial charge in [0.2, 0.25) is 0 Å². The van der Waals surface area contributed by atoms with Crippen LogP contribution >= 0.6 is 0 Å². The summed E-state index contributed by atoms with van der Waals surface area (Å²) in [5.41, 5.74) is 8.21. The van der Waals surface area contributed by atoms with Crippen LogP contribution < -0.4 is 10.0 Å². The lowest BCUT2D eigenvalue weighted by molar-refractivity contribution is 0.594. The Kier molecular flexibility index (Phi) is 4.34. The third kappa shape index (κ3) is 3.09. The standard InChI is InChI=1S/C16H20N2O2S/c1-12-7-4-5-10-16(12)18(3)21(19,20)15-9-6-8-14(11-15)13(2)17/h4-11,13H,17H2,1-3H3. The highest BCUT2D eigenvalue weighted by atomic mass is 32.2. The topological polar surface area (TPSA) is 63.4 Å². The first-order valence-electron chi connectivity index (χ1n) is 6.74. The lowest BCUT2D eigenvalue weighted by Crippen LogP contribution is -2.27. The monoisotopic (exact) mass is 304 g/mol. The van der Waals surface area contributed by atoms with Gasteiger partial charge in [0.25, 0.3) is 10.0 Å². The van der Waals surface area contributed by atoms with E-state index in [2.05, 4.69) is 0 Å². The van der Waals surface area contributed by atoms with E-state index < -0.39 is 10.0 Å². The van der Waals surface area contributed by atoms with Gasteiger partial charge in [0.1, 0.15) is 0 Å². The molecule has 0 aliphatic carbocycles. The Hall–Kier alpha value is -1.85. The summed E-state index contributed by atoms with van der Waals surface area (Å²) in [6, 6.07) is 14.0. The number of benzene rings is 2. The van der Waals surface area contributed by atoms with Crippen molar-refractivity contribution in [3.8, 4) is 0 Å². The summed E-state index contributed by atoms with van der Waals surface area (Å²) < 4.78 is 26.8. The van der Waals surface area contributed by atoms with Crippen molar-refractivity contribution in [1.29, 1.82) is 0 Å². The van der Waals surface area contributed by atoms with Crippen LogP contribution in [0.15, 0.2) is 53.4 Å². The average Bonchev–Trinajstić information content (AvgIpc) is 2.47. The van der Waals surface area contributed by atoms with Gasteiger partial charge in [-0.2, -0.15) is 0 Å². The second-order valence-corrected chi connectivity index (χ2v) is 7.09. The second kappa shape index (κ2) is 5.87. The van der Waals surface area contributed by atoms with Crippen molar-refractivity contribution in [1.82, 2.24) is 0 Å². The minimum Gasteiger partial charge on any atom is -0.324 e. The fourth-order valence-electron chi connectivity index (χ4n) is 2.16. The van der Waals surface area contributed by atoms with E-state index in [1.165, 1.54) is 4.31 Å². The Morgan fingerprint density at radius 2 is 1.76 bits per heavy atom. The molecular formula is C16H20N2O2S. The summed E-state index contributed by atoms with van der Waals surface area (Å²) in [7, 11) is -2.03. The van der Waals surface area contributed by atoms with Gasteiger partial charge in [0, 0.05) is 13.1 Å². The lowest BCUT2D eigenvalue weighted by Gasteiger charge is -2.22. The number of nitrogens with zero attached hydrogens (tertiary/aromatic N) is 1. The van der Waals surface area contributed by atoms with Crippen LogP contribution in [0.1, 0.15) is 24.1 Å². The molecule has 21 heavy (non-hydrogen) atoms. The van der Waals surface area contributed by atoms with E-state index in [-0.39, 0.29) is 10.9 Å². The smallest absolute Gasteiger partial charge is 0.264 e. The molecule has 112 valence electrons. The van der Waals surface area contributed by atoms with Gasteiger partial charge in [-0.05, 0) is 43.2 Å². The molecule has 0 aliphatic heterocycles. The molecule has 0 saturated carbocycles. The largest absolute Gasteiger partial charge is 0.324 e. The zero-order chi connectivity index (χ0) is 15.6. The van der Waals surface area contributed by atoms with Crippen molar-refractivity contribution < 1.29 is 8.42 Å². The second-order valence-electron chi connectivity index (χ2n) is 5.12. The van der Waals surface area contributed by atoms with Crippen molar-refractivity contribution in [3.05, 3.63) is 59.7 Å². The molecule has 0 radical (unpaired) electrons. The molecule has 5 heteroatoms. The molecule has 0 amide bonds. The SMILES string of the molecule is Cc1ccccc1N(C)S(=O)(=O)c1cccc(C(C)N)c1. The van der Waals surface area contributed by atoms with Crippen LogP contribution in [0.2, 0.25) is 0 Å². The molecule has 0 fully saturated rings. The van der Waals surface area contributed by atoms with Crippen molar-refractivity contribution in [3.63, 3.8) is 0 Å². The van der Waals surface area contributed by atoms with E-state index in [1.807, 2.05) is 38.1 Å². The maximum absolute atomic E-state index is 12.7. The van der Waals surface area contributed by atoms with Gasteiger partial charge in [-0.15, -0.1) is 0 Å². The number of para-hydroxylation sites is 1. The molecule has 0 saturated heterocycles. The molecule has 0 aliphatic rings. The van der Waals surface area contributed by atoms with E-state index in [1.54, 1.807) is 31.3 Å². The molecule has 2 N–H and O–H groups in total. The minimum absolute atomic E-state index is 0.205. The van der Waals surface area contributed by atoms with Crippen LogP contribution in [-0.2, 0) is 10.0 Å². The maximum Gasteiger partial charge on any atom is 0.264 e. The maximum atomic E-state index is 12.7. The summed E-state index contributed by atoms with van der Waals surface area (Å²) >= 11 is 0. The number of rotatable bonds is 4. The molecule has 2 rings (SSSR count). The first-order valence-corrected chi connectivity index (χ1v) is 8.18. The van der Waals surface area contributed by atoms with Gasteiger partial charge >= 0.3 is 0 Å². The molecule has 0 aromatic heterocycles. The molecule has 0 bridgehead atoms. The third-order valence-electron chi connectivity index (χ3n) is 3.50. The van der Waals surface area contributed by atoms with Crippen LogP contribution in [0.25, 0.3) is 0 Å². The Morgan fingerprint density at radius 3 is 2.38 bits per heavy atom. The van der Waals surface area contributed by atoms with E-state index in [0.29, 0.717) is 5.69 Å². The van der Waals surface area contributed by atoms with Crippen molar-refractivity contribution in [2.45, 2.75) is 24.8 Å². The highest BCUT2D eigenvalue weighted by Gasteiger charge is 2.22. The lowest BCUT2D eigenvalue weighted by atomic mass is 10.1. The van der Waals surface area contributed by atoms with E-state index >= 15 is 0 Å². The predicted octanol–water partition coefficient (Wildman–Crippen LogP) is 2.84. The van der Waals surface area contributed by atoms with Crippen LogP contribution in [0.4, 0.5) is 5.69 Å². The Balaban J connectivity index is 2.47. The Labute approximate surface area is 126 Å². The zero-order valence-corrected chi connectivity index (χ0v) is 13.3. The molecule has 4 nitrogen and oxygen atoms in total. The number of hydrogen-bond donors (Lipinski definition) is 1. The number of hydrogen-bond acceptors (Lipinski definition) is 3. The van der Waals surface area contributed by atoms with E-state index in [9.17, 15) is 8.42 Å². The molecule has 2 aromatic rings. The molecule has 0 spiro atoms. The summed E-state index contributed by atoms with van der Waals surface area (Å²) in [5.74, 6) is 0. The first kappa shape index (κ1) is 15.5. The number of sulfonamides is 1. The van der Waals surface area contributed by atoms with Gasteiger partial charge < -0.3 is 5.73 Å². The van der Waals surface area contributed by atoms with E-state index in [4.69, 9.17) is 5.73 Å². The van der Waals surface area contributed by atoms with Gasteiger partial charge in [0.15, 0.2) is 0 Å². The Morgan fingerprint density at radius 1 is 1.10 bits per heavy atom. The Bertz CT molecular complexity index is 739. The fraction of sp³-hybridized carbons (Fsp3) is 0.250. The van der Waals surface area contributed by atoms with Crippen LogP contribution in [0, 0.1) is 6.92 Å². The normalized spacial score (nSPS) is 13.0. The van der Waals surface area contributed by atoms with Crippen molar-refractivity contribution in [2.75, 3.05) is 11.4 Å². The number of anilines is 1. The van der Waals surface area contributed by atoms with Crippen LogP contribution in [0.3, 0.4) is 0 Å². The molecule has 1 atom stereocenters. The first-order chi connectivity index (χ1) is 9.84. The summed E-state index contributed by atoms with van der Waals surface area (Å²) in [6.07, 6.45) is 0. The molecular weight excluding hydrogens is 284 g/mol. The molecule has 1 unspecified atom stereocenters. The van der Waals surface area contributed by atoms with Crippen LogP contribution in [0.5, 0.6) is 0 Å². The van der Waals surface area contributed by atoms with E-state index in [0.717, 1.165) is 11.1 Å². The van der Waals surface area contributed by atoms with Gasteiger partial charge in [-0.25, -0.2) is 8.42 Å². The highest BCUT2D eigenvalue weighted by molar-refractivity contribution is 7.92. The summed E-state index contributed by atoms with van der Waals surface area (Å²) in [6.45, 7) is 3.72. The third-order valence-corrected chi connectivity index (χ3v) is 5.26. The molecule has 2 aromatic carbocycles. The molecule has 0 heterocycles. The average molecular weight is 304 g/mol. The van der Waals surface area contributed by atoms with Crippen molar-refractivity contribution in [2.24, 2.45) is 5.73 Å². The van der Waals surface area contributed by atoms with Crippen LogP contribution in [-0.4, -0.2) is 15.5 Å². The fourth-order valence-corrected chi connectivity index (χ4v) is 3.48. The quantitative estimate of drug-likeness (QED) is 0.944. The zero-order valence-electron chi connectivity index (χ0n) is 12.4.